The largest absolute Gasteiger partial charge is 0.214 e. The summed E-state index contributed by atoms with van der Waals surface area (Å²) in [5.74, 6) is 1.64. The summed E-state index contributed by atoms with van der Waals surface area (Å²) < 4.78 is 1.74. The Balaban J connectivity index is 0.000000160. The van der Waals surface area contributed by atoms with Crippen LogP contribution in [0.3, 0.4) is 0 Å². The third-order valence-electron chi connectivity index (χ3n) is 4.42. The van der Waals surface area contributed by atoms with Crippen molar-refractivity contribution in [3.05, 3.63) is 90.0 Å². The predicted octanol–water partition coefficient (Wildman–Crippen LogP) is 6.48. The summed E-state index contributed by atoms with van der Waals surface area (Å²) in [6.07, 6.45) is 1.05. The van der Waals surface area contributed by atoms with Crippen LogP contribution in [0.15, 0.2) is 72.8 Å². The van der Waals surface area contributed by atoms with Crippen molar-refractivity contribution >= 4 is 3.26 Å². The van der Waals surface area contributed by atoms with Crippen molar-refractivity contribution in [1.29, 1.82) is 0 Å². The van der Waals surface area contributed by atoms with Crippen LogP contribution >= 0.6 is 0 Å². The van der Waals surface area contributed by atoms with Crippen molar-refractivity contribution in [2.24, 2.45) is 11.8 Å². The molecule has 1 aliphatic rings. The van der Waals surface area contributed by atoms with Gasteiger partial charge in [-0.25, -0.2) is 12.1 Å². The minimum Gasteiger partial charge on any atom is -0.214 e. The van der Waals surface area contributed by atoms with Crippen molar-refractivity contribution in [3.63, 3.8) is 0 Å². The second-order valence-electron chi connectivity index (χ2n) is 7.12. The van der Waals surface area contributed by atoms with Gasteiger partial charge >= 0.3 is 66.7 Å². The van der Waals surface area contributed by atoms with Crippen LogP contribution in [0.2, 0.25) is 0 Å². The van der Waals surface area contributed by atoms with Gasteiger partial charge in [-0.15, -0.1) is 5.56 Å². The van der Waals surface area contributed by atoms with Crippen LogP contribution in [0, 0.1) is 17.9 Å². The van der Waals surface area contributed by atoms with Crippen molar-refractivity contribution in [1.82, 2.24) is 0 Å². The smallest absolute Gasteiger partial charge is 0.0253 e. The summed E-state index contributed by atoms with van der Waals surface area (Å²) in [7, 11) is 0. The molecule has 3 aromatic carbocycles. The number of hydrogen-bond acceptors (Lipinski definition) is 0. The molecule has 3 aromatic rings. The van der Waals surface area contributed by atoms with Crippen molar-refractivity contribution in [3.8, 4) is 11.1 Å². The fourth-order valence-electron chi connectivity index (χ4n) is 2.99. The molecule has 0 amide bonds. The van der Waals surface area contributed by atoms with E-state index in [2.05, 4.69) is 70.2 Å². The zero-order valence-electron chi connectivity index (χ0n) is 16.3. The van der Waals surface area contributed by atoms with E-state index in [1.54, 1.807) is 3.26 Å². The molecule has 0 saturated carbocycles. The maximum absolute atomic E-state index is 3.30. The van der Waals surface area contributed by atoms with Gasteiger partial charge in [0.25, 0.3) is 0 Å². The first-order valence-corrected chi connectivity index (χ1v) is 11.1. The Bertz CT molecular complexity index is 724. The zero-order valence-corrected chi connectivity index (χ0v) is 19.9. The Morgan fingerprint density at radius 1 is 0.885 bits per heavy atom. The van der Waals surface area contributed by atoms with Crippen LogP contribution < -0.4 is 0 Å². The molecule has 0 unspecified atom stereocenters. The average molecular weight is 507 g/mol. The van der Waals surface area contributed by atoms with Crippen molar-refractivity contribution in [2.45, 2.75) is 34.1 Å². The van der Waals surface area contributed by atoms with E-state index in [1.807, 2.05) is 36.4 Å². The first-order chi connectivity index (χ1) is 12.5. The minimum absolute atomic E-state index is 0.821. The van der Waals surface area contributed by atoms with Crippen LogP contribution in [-0.4, -0.2) is 3.26 Å². The van der Waals surface area contributed by atoms with Crippen LogP contribution in [-0.2, 0) is 30.3 Å². The van der Waals surface area contributed by atoms with Crippen LogP contribution in [0.25, 0.3) is 11.1 Å². The quantitative estimate of drug-likeness (QED) is 0.215. The van der Waals surface area contributed by atoms with E-state index in [1.165, 1.54) is 46.1 Å². The Kier molecular flexibility index (Phi) is 8.51. The van der Waals surface area contributed by atoms with Crippen molar-refractivity contribution in [2.75, 3.05) is 0 Å². The number of fused-ring (bicyclic) bond motifs is 3. The first-order valence-electron chi connectivity index (χ1n) is 9.33. The monoisotopic (exact) mass is 508 g/mol. The molecule has 0 saturated heterocycles. The molecule has 0 heterocycles. The fourth-order valence-corrected chi connectivity index (χ4v) is 2.99. The standard InChI is InChI=1S/C13H9.C7H14.C5H5.Hf/c1-3-7-12-10(5-1)9-11-6-2-4-8-13(11)12;1-6(2)5-7(3)4;1-2-4-5-3-1;/h1-5,7-8H,9H2;6-7H,1-4H3;1-5H;/q-1;;-1;+2. The van der Waals surface area contributed by atoms with Gasteiger partial charge in [0.05, 0.1) is 0 Å². The van der Waals surface area contributed by atoms with E-state index in [4.69, 9.17) is 0 Å². The molecular formula is C25H28Hf. The van der Waals surface area contributed by atoms with Gasteiger partial charge in [0, 0.05) is 0 Å². The van der Waals surface area contributed by atoms with Crippen LogP contribution in [0.1, 0.15) is 38.8 Å². The topological polar surface area (TPSA) is 0 Å². The molecule has 132 valence electrons. The summed E-state index contributed by atoms with van der Waals surface area (Å²) in [5.41, 5.74) is 5.51. The average Bonchev–Trinajstić information content (AvgIpc) is 3.32. The molecule has 26 heavy (non-hydrogen) atoms. The molecular weight excluding hydrogens is 479 g/mol. The SMILES string of the molecule is CC(C)[C](=[Hf+2])C(C)C.[c-]1cccc2c1Cc1ccccc1-2.c1cc[cH-]c1. The third kappa shape index (κ3) is 6.06. The number of hydrogen-bond donors (Lipinski definition) is 0. The molecule has 1 heteroatoms. The summed E-state index contributed by atoms with van der Waals surface area (Å²) in [6.45, 7) is 9.12. The molecule has 0 fully saturated rings. The van der Waals surface area contributed by atoms with E-state index in [0.29, 0.717) is 0 Å². The Hall–Kier alpha value is -1.47. The molecule has 1 aliphatic carbocycles. The summed E-state index contributed by atoms with van der Waals surface area (Å²) in [4.78, 5) is 0. The summed E-state index contributed by atoms with van der Waals surface area (Å²) in [6, 6.07) is 28.1. The third-order valence-corrected chi connectivity index (χ3v) is 8.56. The van der Waals surface area contributed by atoms with Crippen LogP contribution in [0.4, 0.5) is 0 Å². The maximum Gasteiger partial charge on any atom is -0.0253 e. The second kappa shape index (κ2) is 10.6. The zero-order chi connectivity index (χ0) is 18.9. The van der Waals surface area contributed by atoms with E-state index in [-0.39, 0.29) is 0 Å². The van der Waals surface area contributed by atoms with Gasteiger partial charge in [0.2, 0.25) is 0 Å². The Labute approximate surface area is 173 Å². The maximum atomic E-state index is 3.30. The molecule has 0 nitrogen and oxygen atoms in total. The number of benzene rings is 2. The molecule has 0 atom stereocenters. The van der Waals surface area contributed by atoms with Gasteiger partial charge in [-0.2, -0.15) is 48.0 Å². The molecule has 0 bridgehead atoms. The normalized spacial score (nSPS) is 11.1. The van der Waals surface area contributed by atoms with E-state index < -0.39 is 0 Å². The van der Waals surface area contributed by atoms with Gasteiger partial charge in [-0.05, 0) is 6.42 Å². The van der Waals surface area contributed by atoms with Gasteiger partial charge < -0.3 is 0 Å². The van der Waals surface area contributed by atoms with Gasteiger partial charge in [-0.3, -0.25) is 0 Å². The molecule has 0 spiro atoms. The van der Waals surface area contributed by atoms with Gasteiger partial charge in [0.1, 0.15) is 0 Å². The van der Waals surface area contributed by atoms with Crippen molar-refractivity contribution < 1.29 is 23.9 Å². The molecule has 0 N–H and O–H groups in total. The van der Waals surface area contributed by atoms with E-state index in [9.17, 15) is 0 Å². The Morgan fingerprint density at radius 3 is 2.04 bits per heavy atom. The van der Waals surface area contributed by atoms with E-state index >= 15 is 0 Å². The van der Waals surface area contributed by atoms with Gasteiger partial charge in [-0.1, -0.05) is 35.4 Å². The predicted molar refractivity (Wildman–Crippen MR) is 110 cm³/mol. The molecule has 0 radical (unpaired) electrons. The molecule has 0 aromatic heterocycles. The summed E-state index contributed by atoms with van der Waals surface area (Å²) in [5, 5.41) is 0. The van der Waals surface area contributed by atoms with Crippen LogP contribution in [0.5, 0.6) is 0 Å². The fraction of sp³-hybridized carbons (Fsp3) is 0.280. The summed E-state index contributed by atoms with van der Waals surface area (Å²) >= 11 is 1.27. The minimum atomic E-state index is 0.821. The Morgan fingerprint density at radius 2 is 1.50 bits per heavy atom. The molecule has 4 rings (SSSR count). The molecule has 0 aliphatic heterocycles. The second-order valence-corrected chi connectivity index (χ2v) is 9.20. The number of rotatable bonds is 2. The first kappa shape index (κ1) is 20.8. The van der Waals surface area contributed by atoms with Gasteiger partial charge in [0.15, 0.2) is 0 Å². The van der Waals surface area contributed by atoms with E-state index in [0.717, 1.165) is 18.3 Å².